The number of ether oxygens (including phenoxy) is 1. The summed E-state index contributed by atoms with van der Waals surface area (Å²) in [6, 6.07) is 7.98. The van der Waals surface area contributed by atoms with Gasteiger partial charge in [-0.3, -0.25) is 9.59 Å². The SMILES string of the molecule is COc1cc(NC(=O)c2cccn2CC(=O)O)ccc1Cl. The highest BCUT2D eigenvalue weighted by molar-refractivity contribution is 6.32. The van der Waals surface area contributed by atoms with E-state index in [9.17, 15) is 9.59 Å². The molecule has 7 heteroatoms. The maximum absolute atomic E-state index is 12.2. The van der Waals surface area contributed by atoms with Crippen molar-refractivity contribution >= 4 is 29.2 Å². The Hall–Kier alpha value is -2.47. The first kappa shape index (κ1) is 14.9. The van der Waals surface area contributed by atoms with E-state index in [1.807, 2.05) is 0 Å². The number of carboxylic acids is 1. The molecule has 0 aliphatic heterocycles. The number of hydrogen-bond acceptors (Lipinski definition) is 3. The van der Waals surface area contributed by atoms with E-state index in [1.165, 1.54) is 17.9 Å². The van der Waals surface area contributed by atoms with Gasteiger partial charge in [0, 0.05) is 18.0 Å². The fourth-order valence-electron chi connectivity index (χ4n) is 1.84. The second-order valence-electron chi connectivity index (χ2n) is 4.22. The van der Waals surface area contributed by atoms with Crippen LogP contribution in [0.15, 0.2) is 36.5 Å². The van der Waals surface area contributed by atoms with Crippen LogP contribution in [0.25, 0.3) is 0 Å². The predicted octanol–water partition coefficient (Wildman–Crippen LogP) is 2.49. The Morgan fingerprint density at radius 2 is 2.14 bits per heavy atom. The van der Waals surface area contributed by atoms with Gasteiger partial charge in [0.15, 0.2) is 0 Å². The lowest BCUT2D eigenvalue weighted by atomic mass is 10.3. The van der Waals surface area contributed by atoms with Gasteiger partial charge in [-0.1, -0.05) is 11.6 Å². The van der Waals surface area contributed by atoms with Crippen molar-refractivity contribution in [3.63, 3.8) is 0 Å². The third-order valence-corrected chi connectivity index (χ3v) is 3.09. The minimum absolute atomic E-state index is 0.256. The summed E-state index contributed by atoms with van der Waals surface area (Å²) in [5.41, 5.74) is 0.760. The normalized spacial score (nSPS) is 10.2. The molecule has 0 unspecified atom stereocenters. The highest BCUT2D eigenvalue weighted by atomic mass is 35.5. The largest absolute Gasteiger partial charge is 0.495 e. The molecule has 1 amide bonds. The molecule has 1 heterocycles. The highest BCUT2D eigenvalue weighted by Gasteiger charge is 2.13. The van der Waals surface area contributed by atoms with Crippen LogP contribution in [0.1, 0.15) is 10.5 Å². The van der Waals surface area contributed by atoms with E-state index < -0.39 is 11.9 Å². The summed E-state index contributed by atoms with van der Waals surface area (Å²) < 4.78 is 6.42. The summed E-state index contributed by atoms with van der Waals surface area (Å²) >= 11 is 5.91. The van der Waals surface area contributed by atoms with Crippen LogP contribution in [0, 0.1) is 0 Å². The number of carboxylic acid groups (broad SMARTS) is 1. The van der Waals surface area contributed by atoms with Crippen LogP contribution in [0.2, 0.25) is 5.02 Å². The number of halogens is 1. The smallest absolute Gasteiger partial charge is 0.323 e. The van der Waals surface area contributed by atoms with Crippen LogP contribution >= 0.6 is 11.6 Å². The van der Waals surface area contributed by atoms with E-state index in [0.29, 0.717) is 16.5 Å². The fraction of sp³-hybridized carbons (Fsp3) is 0.143. The van der Waals surface area contributed by atoms with Crippen molar-refractivity contribution in [2.45, 2.75) is 6.54 Å². The van der Waals surface area contributed by atoms with Gasteiger partial charge in [-0.2, -0.15) is 0 Å². The van der Waals surface area contributed by atoms with Crippen molar-refractivity contribution in [1.82, 2.24) is 4.57 Å². The molecule has 0 saturated carbocycles. The summed E-state index contributed by atoms with van der Waals surface area (Å²) in [4.78, 5) is 22.9. The van der Waals surface area contributed by atoms with Crippen molar-refractivity contribution < 1.29 is 19.4 Å². The Bertz CT molecular complexity index is 681. The van der Waals surface area contributed by atoms with Crippen LogP contribution < -0.4 is 10.1 Å². The molecule has 0 atom stereocenters. The van der Waals surface area contributed by atoms with E-state index in [-0.39, 0.29) is 12.2 Å². The maximum atomic E-state index is 12.2. The monoisotopic (exact) mass is 308 g/mol. The third kappa shape index (κ3) is 3.55. The van der Waals surface area contributed by atoms with Gasteiger partial charge in [0.1, 0.15) is 18.0 Å². The van der Waals surface area contributed by atoms with E-state index in [2.05, 4.69) is 5.32 Å². The number of benzene rings is 1. The summed E-state index contributed by atoms with van der Waals surface area (Å²) in [6.45, 7) is -0.278. The molecule has 0 fully saturated rings. The Labute approximate surface area is 125 Å². The molecule has 2 aromatic rings. The van der Waals surface area contributed by atoms with E-state index in [0.717, 1.165) is 0 Å². The van der Waals surface area contributed by atoms with E-state index >= 15 is 0 Å². The number of amides is 1. The lowest BCUT2D eigenvalue weighted by Gasteiger charge is -2.10. The molecule has 21 heavy (non-hydrogen) atoms. The average Bonchev–Trinajstić information content (AvgIpc) is 2.88. The molecule has 0 radical (unpaired) electrons. The van der Waals surface area contributed by atoms with Gasteiger partial charge in [0.05, 0.1) is 12.1 Å². The number of carbonyl (C=O) groups excluding carboxylic acids is 1. The molecule has 2 rings (SSSR count). The molecule has 6 nitrogen and oxygen atoms in total. The van der Waals surface area contributed by atoms with Gasteiger partial charge >= 0.3 is 5.97 Å². The molecule has 0 bridgehead atoms. The second-order valence-corrected chi connectivity index (χ2v) is 4.63. The number of hydrogen-bond donors (Lipinski definition) is 2. The predicted molar refractivity (Wildman–Crippen MR) is 78.0 cm³/mol. The lowest BCUT2D eigenvalue weighted by molar-refractivity contribution is -0.137. The fourth-order valence-corrected chi connectivity index (χ4v) is 2.03. The van der Waals surface area contributed by atoms with E-state index in [1.54, 1.807) is 30.3 Å². The number of rotatable bonds is 5. The van der Waals surface area contributed by atoms with Gasteiger partial charge < -0.3 is 19.7 Å². The minimum Gasteiger partial charge on any atom is -0.495 e. The Balaban J connectivity index is 2.18. The summed E-state index contributed by atoms with van der Waals surface area (Å²) in [5.74, 6) is -0.991. The number of aromatic nitrogens is 1. The first-order valence-electron chi connectivity index (χ1n) is 6.03. The molecular weight excluding hydrogens is 296 g/mol. The summed E-state index contributed by atoms with van der Waals surface area (Å²) in [5, 5.41) is 11.9. The number of anilines is 1. The Morgan fingerprint density at radius 1 is 1.38 bits per heavy atom. The van der Waals surface area contributed by atoms with Gasteiger partial charge in [-0.05, 0) is 24.3 Å². The number of nitrogens with one attached hydrogen (secondary N) is 1. The number of methoxy groups -OCH3 is 1. The quantitative estimate of drug-likeness (QED) is 0.889. The second kappa shape index (κ2) is 6.32. The zero-order valence-corrected chi connectivity index (χ0v) is 11.9. The number of nitrogens with zero attached hydrogens (tertiary/aromatic N) is 1. The molecule has 0 saturated heterocycles. The van der Waals surface area contributed by atoms with Gasteiger partial charge in [0.25, 0.3) is 5.91 Å². The topological polar surface area (TPSA) is 80.6 Å². The first-order valence-corrected chi connectivity index (χ1v) is 6.41. The number of aliphatic carboxylic acids is 1. The summed E-state index contributed by atoms with van der Waals surface area (Å²) in [7, 11) is 1.48. The molecular formula is C14H13ClN2O4. The van der Waals surface area contributed by atoms with Gasteiger partial charge in [0.2, 0.25) is 0 Å². The van der Waals surface area contributed by atoms with Crippen molar-refractivity contribution in [1.29, 1.82) is 0 Å². The average molecular weight is 309 g/mol. The maximum Gasteiger partial charge on any atom is 0.323 e. The van der Waals surface area contributed by atoms with Gasteiger partial charge in [-0.15, -0.1) is 0 Å². The first-order chi connectivity index (χ1) is 10.0. The van der Waals surface area contributed by atoms with Crippen molar-refractivity contribution in [2.75, 3.05) is 12.4 Å². The number of carbonyl (C=O) groups is 2. The lowest BCUT2D eigenvalue weighted by Crippen LogP contribution is -2.19. The molecule has 1 aromatic carbocycles. The highest BCUT2D eigenvalue weighted by Crippen LogP contribution is 2.27. The zero-order valence-electron chi connectivity index (χ0n) is 11.2. The zero-order chi connectivity index (χ0) is 15.4. The van der Waals surface area contributed by atoms with Crippen LogP contribution in [-0.4, -0.2) is 28.7 Å². The van der Waals surface area contributed by atoms with Crippen molar-refractivity contribution in [2.24, 2.45) is 0 Å². The molecule has 0 spiro atoms. The minimum atomic E-state index is -1.02. The molecule has 110 valence electrons. The Kier molecular flexibility index (Phi) is 4.49. The molecule has 2 N–H and O–H groups in total. The molecule has 0 aliphatic carbocycles. The van der Waals surface area contributed by atoms with Crippen LogP contribution in [0.5, 0.6) is 5.75 Å². The van der Waals surface area contributed by atoms with Crippen LogP contribution in [0.4, 0.5) is 5.69 Å². The van der Waals surface area contributed by atoms with Crippen molar-refractivity contribution in [3.8, 4) is 5.75 Å². The van der Waals surface area contributed by atoms with E-state index in [4.69, 9.17) is 21.4 Å². The standard InChI is InChI=1S/C14H13ClN2O4/c1-21-12-7-9(4-5-10(12)15)16-14(20)11-3-2-6-17(11)8-13(18)19/h2-7H,8H2,1H3,(H,16,20)(H,18,19). The Morgan fingerprint density at radius 3 is 2.81 bits per heavy atom. The van der Waals surface area contributed by atoms with Gasteiger partial charge in [-0.25, -0.2) is 0 Å². The third-order valence-electron chi connectivity index (χ3n) is 2.78. The summed E-state index contributed by atoms with van der Waals surface area (Å²) in [6.07, 6.45) is 1.53. The molecule has 0 aliphatic rings. The van der Waals surface area contributed by atoms with Crippen LogP contribution in [-0.2, 0) is 11.3 Å². The van der Waals surface area contributed by atoms with Crippen LogP contribution in [0.3, 0.4) is 0 Å². The van der Waals surface area contributed by atoms with Crippen molar-refractivity contribution in [3.05, 3.63) is 47.2 Å². The molecule has 1 aromatic heterocycles.